The van der Waals surface area contributed by atoms with Gasteiger partial charge in [0.25, 0.3) is 0 Å². The second-order valence-corrected chi connectivity index (χ2v) is 11.0. The number of hydrogen-bond acceptors (Lipinski definition) is 0. The molecule has 168 valence electrons. The molecule has 0 radical (unpaired) electrons. The minimum atomic E-state index is 0. The molecule has 4 aromatic rings. The van der Waals surface area contributed by atoms with Crippen molar-refractivity contribution in [2.24, 2.45) is 0 Å². The Labute approximate surface area is 285 Å². The van der Waals surface area contributed by atoms with Crippen molar-refractivity contribution in [3.8, 4) is 22.3 Å². The fourth-order valence-electron chi connectivity index (χ4n) is 4.06. The summed E-state index contributed by atoms with van der Waals surface area (Å²) in [5, 5.41) is 0. The molecule has 0 atom stereocenters. The molecule has 0 N–H and O–H groups in total. The molecule has 6 rings (SSSR count). The zero-order valence-electron chi connectivity index (χ0n) is 17.5. The van der Waals surface area contributed by atoms with Gasteiger partial charge in [0, 0.05) is 8.95 Å². The van der Waals surface area contributed by atoms with E-state index >= 15 is 0 Å². The van der Waals surface area contributed by atoms with Crippen molar-refractivity contribution >= 4 is 63.7 Å². The molecule has 34 heavy (non-hydrogen) atoms. The third-order valence-corrected chi connectivity index (χ3v) is 7.34. The summed E-state index contributed by atoms with van der Waals surface area (Å²) >= 11 is 14.0. The fourth-order valence-corrected chi connectivity index (χ4v) is 5.47. The zero-order valence-corrected chi connectivity index (χ0v) is 30.2. The van der Waals surface area contributed by atoms with E-state index in [1.165, 1.54) is 44.5 Å². The normalized spacial score (nSPS) is 10.9. The first-order valence-corrected chi connectivity index (χ1v) is 12.6. The van der Waals surface area contributed by atoms with Crippen molar-refractivity contribution < 1.29 is 77.2 Å². The van der Waals surface area contributed by atoms with Gasteiger partial charge in [0.05, 0.1) is 0 Å². The smallest absolute Gasteiger partial charge is 1.00 e. The van der Waals surface area contributed by atoms with Gasteiger partial charge in [0.2, 0.25) is 0 Å². The van der Waals surface area contributed by atoms with E-state index in [-0.39, 0.29) is 77.2 Å². The molecular weight excluding hydrogens is 885 g/mol. The molecule has 0 saturated carbocycles. The summed E-state index contributed by atoms with van der Waals surface area (Å²) in [6, 6.07) is 27.9. The topological polar surface area (TPSA) is 0 Å². The van der Waals surface area contributed by atoms with Crippen LogP contribution in [-0.4, -0.2) is 0 Å². The average molecular weight is 899 g/mol. The maximum atomic E-state index is 3.51. The molecule has 2 aliphatic carbocycles. The van der Waals surface area contributed by atoms with E-state index in [2.05, 4.69) is 124 Å². The SMILES string of the molecule is Brc1c[c-]c2c(c1)-c1cc(Br)ccc1C2.Brc1c[c-]c2c(c1)-c1cc(Br)ccc1C2.[Cl-].[Cl-].[Zr+2].[Zr+2]. The Kier molecular flexibility index (Phi) is 14.0. The van der Waals surface area contributed by atoms with E-state index in [9.17, 15) is 0 Å². The van der Waals surface area contributed by atoms with E-state index in [1.807, 2.05) is 12.1 Å². The Bertz CT molecular complexity index is 1110. The zero-order chi connectivity index (χ0) is 20.8. The van der Waals surface area contributed by atoms with Crippen LogP contribution in [-0.2, 0) is 65.2 Å². The molecular formula is C26H14Br4Cl2Zr2. The Morgan fingerprint density at radius 1 is 0.500 bits per heavy atom. The third kappa shape index (κ3) is 7.16. The Hall–Kier alpha value is 1.15. The molecule has 0 unspecified atom stereocenters. The molecule has 8 heteroatoms. The van der Waals surface area contributed by atoms with E-state index in [4.69, 9.17) is 0 Å². The van der Waals surface area contributed by atoms with Crippen LogP contribution in [0, 0.1) is 12.1 Å². The second-order valence-electron chi connectivity index (χ2n) is 7.38. The van der Waals surface area contributed by atoms with Gasteiger partial charge < -0.3 is 24.8 Å². The number of hydrogen-bond donors (Lipinski definition) is 0. The number of rotatable bonds is 0. The first-order valence-electron chi connectivity index (χ1n) is 9.46. The van der Waals surface area contributed by atoms with Crippen LogP contribution in [0.25, 0.3) is 22.3 Å². The molecule has 0 heterocycles. The van der Waals surface area contributed by atoms with Gasteiger partial charge in [-0.05, 0) is 36.1 Å². The van der Waals surface area contributed by atoms with Crippen LogP contribution in [0.1, 0.15) is 22.3 Å². The summed E-state index contributed by atoms with van der Waals surface area (Å²) in [4.78, 5) is 0. The van der Waals surface area contributed by atoms with Gasteiger partial charge in [-0.3, -0.25) is 0 Å². The number of fused-ring (bicyclic) bond motifs is 6. The molecule has 0 aliphatic heterocycles. The van der Waals surface area contributed by atoms with Gasteiger partial charge in [-0.1, -0.05) is 76.2 Å². The largest absolute Gasteiger partial charge is 2.00 e. The van der Waals surface area contributed by atoms with Crippen molar-refractivity contribution in [1.29, 1.82) is 0 Å². The molecule has 2 aliphatic rings. The van der Waals surface area contributed by atoms with Crippen molar-refractivity contribution in [3.05, 3.63) is 113 Å². The maximum Gasteiger partial charge on any atom is 2.00 e. The molecule has 0 nitrogen and oxygen atoms in total. The van der Waals surface area contributed by atoms with E-state index in [1.54, 1.807) is 0 Å². The molecule has 0 bridgehead atoms. The molecule has 0 spiro atoms. The fraction of sp³-hybridized carbons (Fsp3) is 0.0769. The molecule has 4 aromatic carbocycles. The standard InChI is InChI=1S/2C13H7Br2.2ClH.2Zr/c2*14-10-3-1-8-5-9-2-4-11(15)7-13(9)12(8)6-10;;;;/h2*1,3-4,6-7H,5H2;2*1H;;/q2*-1;;;2*+2/p-2. The van der Waals surface area contributed by atoms with Crippen LogP contribution in [0.15, 0.2) is 78.6 Å². The van der Waals surface area contributed by atoms with E-state index in [0.29, 0.717) is 0 Å². The first-order chi connectivity index (χ1) is 14.5. The van der Waals surface area contributed by atoms with Gasteiger partial charge in [-0.25, -0.2) is 0 Å². The molecule has 0 saturated heterocycles. The van der Waals surface area contributed by atoms with Crippen LogP contribution in [0.3, 0.4) is 0 Å². The predicted molar refractivity (Wildman–Crippen MR) is 138 cm³/mol. The quantitative estimate of drug-likeness (QED) is 0.206. The minimum Gasteiger partial charge on any atom is -1.00 e. The van der Waals surface area contributed by atoms with Crippen molar-refractivity contribution in [3.63, 3.8) is 0 Å². The monoisotopic (exact) mass is 892 g/mol. The maximum absolute atomic E-state index is 3.51. The minimum absolute atomic E-state index is 0. The van der Waals surface area contributed by atoms with Gasteiger partial charge in [-0.15, -0.1) is 43.0 Å². The summed E-state index contributed by atoms with van der Waals surface area (Å²) in [5.74, 6) is 0. The second kappa shape index (κ2) is 14.3. The van der Waals surface area contributed by atoms with E-state index < -0.39 is 0 Å². The van der Waals surface area contributed by atoms with Gasteiger partial charge in [0.1, 0.15) is 0 Å². The first kappa shape index (κ1) is 33.2. The summed E-state index contributed by atoms with van der Waals surface area (Å²) in [7, 11) is 0. The van der Waals surface area contributed by atoms with Crippen LogP contribution in [0.5, 0.6) is 0 Å². The van der Waals surface area contributed by atoms with Crippen molar-refractivity contribution in [2.45, 2.75) is 12.8 Å². The van der Waals surface area contributed by atoms with Crippen LogP contribution < -0.4 is 24.8 Å². The number of benzene rings is 4. The van der Waals surface area contributed by atoms with Crippen LogP contribution in [0.4, 0.5) is 0 Å². The Morgan fingerprint density at radius 3 is 1.24 bits per heavy atom. The van der Waals surface area contributed by atoms with E-state index in [0.717, 1.165) is 30.7 Å². The van der Waals surface area contributed by atoms with Crippen molar-refractivity contribution in [1.82, 2.24) is 0 Å². The van der Waals surface area contributed by atoms with Crippen molar-refractivity contribution in [2.75, 3.05) is 0 Å². The molecule has 0 aromatic heterocycles. The van der Waals surface area contributed by atoms with Gasteiger partial charge in [0.15, 0.2) is 0 Å². The summed E-state index contributed by atoms with van der Waals surface area (Å²) < 4.78 is 4.45. The summed E-state index contributed by atoms with van der Waals surface area (Å²) in [6.07, 6.45) is 2.01. The van der Waals surface area contributed by atoms with Gasteiger partial charge in [-0.2, -0.15) is 47.5 Å². The van der Waals surface area contributed by atoms with Crippen LogP contribution in [0.2, 0.25) is 0 Å². The summed E-state index contributed by atoms with van der Waals surface area (Å²) in [6.45, 7) is 0. The van der Waals surface area contributed by atoms with Gasteiger partial charge >= 0.3 is 52.4 Å². The Morgan fingerprint density at radius 2 is 0.853 bits per heavy atom. The van der Waals surface area contributed by atoms with Crippen LogP contribution >= 0.6 is 63.7 Å². The summed E-state index contributed by atoms with van der Waals surface area (Å²) in [5.41, 5.74) is 10.7. The molecule has 0 amide bonds. The Balaban J connectivity index is 0.000000304. The number of halogens is 6. The predicted octanol–water partition coefficient (Wildman–Crippen LogP) is 3.17. The molecule has 0 fully saturated rings. The third-order valence-electron chi connectivity index (χ3n) is 5.44. The average Bonchev–Trinajstić information content (AvgIpc) is 3.26.